The monoisotopic (exact) mass is 471 g/mol. The number of hydrogen-bond acceptors (Lipinski definition) is 5. The fourth-order valence-corrected chi connectivity index (χ4v) is 4.57. The van der Waals surface area contributed by atoms with E-state index in [2.05, 4.69) is 9.97 Å². The second-order valence-electron chi connectivity index (χ2n) is 8.96. The topological polar surface area (TPSA) is 81.9 Å². The molecule has 9 heteroatoms. The predicted molar refractivity (Wildman–Crippen MR) is 122 cm³/mol. The Kier molecular flexibility index (Phi) is 5.19. The molecule has 1 aromatic carbocycles. The number of fused-ring (bicyclic) bond motifs is 1. The van der Waals surface area contributed by atoms with Crippen LogP contribution in [0.3, 0.4) is 0 Å². The highest BCUT2D eigenvalue weighted by Gasteiger charge is 2.50. The maximum absolute atomic E-state index is 14.8. The van der Waals surface area contributed by atoms with Gasteiger partial charge in [-0.25, -0.2) is 18.4 Å². The molecule has 2 aromatic heterocycles. The highest BCUT2D eigenvalue weighted by atomic mass is 32.2. The Labute approximate surface area is 189 Å². The number of alkyl halides is 2. The van der Waals surface area contributed by atoms with Gasteiger partial charge in [0.2, 0.25) is 0 Å². The van der Waals surface area contributed by atoms with Crippen molar-refractivity contribution in [3.05, 3.63) is 70.4 Å². The van der Waals surface area contributed by atoms with E-state index < -0.39 is 39.1 Å². The summed E-state index contributed by atoms with van der Waals surface area (Å²) < 4.78 is 54.5. The molecule has 0 amide bonds. The number of sulfone groups is 1. The lowest BCUT2D eigenvalue weighted by Crippen LogP contribution is -2.27. The zero-order chi connectivity index (χ0) is 23.4. The van der Waals surface area contributed by atoms with Crippen molar-refractivity contribution >= 4 is 20.7 Å². The minimum Gasteiger partial charge on any atom is -0.307 e. The maximum Gasteiger partial charge on any atom is 0.309 e. The van der Waals surface area contributed by atoms with E-state index in [1.54, 1.807) is 6.20 Å². The van der Waals surface area contributed by atoms with Gasteiger partial charge in [-0.05, 0) is 37.2 Å². The predicted octanol–water partition coefficient (Wildman–Crippen LogP) is 4.47. The zero-order valence-corrected chi connectivity index (χ0v) is 18.8. The summed E-state index contributed by atoms with van der Waals surface area (Å²) in [5, 5.41) is 1.25. The van der Waals surface area contributed by atoms with Crippen LogP contribution in [0.25, 0.3) is 22.0 Å². The van der Waals surface area contributed by atoms with Crippen LogP contribution < -0.4 is 5.56 Å². The molecule has 0 N–H and O–H groups in total. The molecule has 0 aliphatic heterocycles. The van der Waals surface area contributed by atoms with Gasteiger partial charge in [0.1, 0.15) is 0 Å². The van der Waals surface area contributed by atoms with E-state index >= 15 is 0 Å². The number of nitrogens with zero attached hydrogens (tertiary/aromatic N) is 3. The van der Waals surface area contributed by atoms with Crippen LogP contribution in [0.4, 0.5) is 8.78 Å². The summed E-state index contributed by atoms with van der Waals surface area (Å²) in [6.07, 6.45) is 8.02. The average Bonchev–Trinajstić information content (AvgIpc) is 3.68. The lowest BCUT2D eigenvalue weighted by atomic mass is 10.0. The Morgan fingerprint density at radius 3 is 2.45 bits per heavy atom. The van der Waals surface area contributed by atoms with E-state index in [4.69, 9.17) is 0 Å². The van der Waals surface area contributed by atoms with Crippen molar-refractivity contribution in [2.24, 2.45) is 11.8 Å². The molecule has 0 unspecified atom stereocenters. The molecule has 6 nitrogen and oxygen atoms in total. The number of aromatic nitrogens is 3. The molecule has 2 aliphatic rings. The number of pyridine rings is 1. The SMILES string of the molecule is CS(=O)(=O)/C=C/[C@H](C1CC1)n1cc(-c2ccccc2)c2nc(C(F)(F)C3CC3)ncc2c1=O. The number of allylic oxidation sites excluding steroid dienone is 1. The second kappa shape index (κ2) is 7.83. The van der Waals surface area contributed by atoms with Gasteiger partial charge in [-0.15, -0.1) is 0 Å². The molecule has 0 bridgehead atoms. The van der Waals surface area contributed by atoms with Crippen LogP contribution in [0, 0.1) is 11.8 Å². The van der Waals surface area contributed by atoms with E-state index in [9.17, 15) is 22.0 Å². The highest BCUT2D eigenvalue weighted by molar-refractivity contribution is 7.93. The van der Waals surface area contributed by atoms with Gasteiger partial charge in [0.05, 0.1) is 16.9 Å². The molecule has 2 saturated carbocycles. The summed E-state index contributed by atoms with van der Waals surface area (Å²) in [5.74, 6) is -4.36. The third-order valence-electron chi connectivity index (χ3n) is 6.20. The van der Waals surface area contributed by atoms with E-state index in [1.807, 2.05) is 30.3 Å². The van der Waals surface area contributed by atoms with Crippen molar-refractivity contribution in [3.63, 3.8) is 0 Å². The third-order valence-corrected chi connectivity index (χ3v) is 6.85. The smallest absolute Gasteiger partial charge is 0.307 e. The third kappa shape index (κ3) is 4.34. The first-order chi connectivity index (χ1) is 15.6. The molecule has 33 heavy (non-hydrogen) atoms. The fourth-order valence-electron chi connectivity index (χ4n) is 4.12. The van der Waals surface area contributed by atoms with Gasteiger partial charge in [0.25, 0.3) is 5.56 Å². The average molecular weight is 472 g/mol. The molecule has 3 aromatic rings. The van der Waals surface area contributed by atoms with Crippen LogP contribution in [0.5, 0.6) is 0 Å². The minimum atomic E-state index is -3.38. The first-order valence-corrected chi connectivity index (χ1v) is 12.8. The Hall–Kier alpha value is -2.94. The normalized spacial score (nSPS) is 18.2. The molecule has 5 rings (SSSR count). The van der Waals surface area contributed by atoms with Crippen LogP contribution >= 0.6 is 0 Å². The van der Waals surface area contributed by atoms with Crippen molar-refractivity contribution in [1.82, 2.24) is 14.5 Å². The Morgan fingerprint density at radius 2 is 1.85 bits per heavy atom. The summed E-state index contributed by atoms with van der Waals surface area (Å²) in [5.41, 5.74) is 0.992. The lowest BCUT2D eigenvalue weighted by Gasteiger charge is -2.20. The summed E-state index contributed by atoms with van der Waals surface area (Å²) in [6.45, 7) is 0. The number of rotatable bonds is 7. The Morgan fingerprint density at radius 1 is 1.15 bits per heavy atom. The van der Waals surface area contributed by atoms with Crippen LogP contribution in [0.1, 0.15) is 37.5 Å². The minimum absolute atomic E-state index is 0.126. The zero-order valence-electron chi connectivity index (χ0n) is 18.0. The Balaban J connectivity index is 1.74. The summed E-state index contributed by atoms with van der Waals surface area (Å²) in [7, 11) is -3.38. The largest absolute Gasteiger partial charge is 0.309 e. The summed E-state index contributed by atoms with van der Waals surface area (Å²) in [6, 6.07) is 8.65. The van der Waals surface area contributed by atoms with Crippen LogP contribution in [0.15, 0.2) is 59.0 Å². The Bertz CT molecular complexity index is 1410. The van der Waals surface area contributed by atoms with Crippen molar-refractivity contribution in [2.45, 2.75) is 37.6 Å². The van der Waals surface area contributed by atoms with E-state index in [0.717, 1.165) is 30.1 Å². The van der Waals surface area contributed by atoms with Crippen LogP contribution in [0.2, 0.25) is 0 Å². The van der Waals surface area contributed by atoms with E-state index in [1.165, 1.54) is 16.8 Å². The van der Waals surface area contributed by atoms with E-state index in [-0.39, 0.29) is 16.8 Å². The van der Waals surface area contributed by atoms with Crippen LogP contribution in [-0.2, 0) is 15.8 Å². The quantitative estimate of drug-likeness (QED) is 0.508. The van der Waals surface area contributed by atoms with Crippen molar-refractivity contribution < 1.29 is 17.2 Å². The molecule has 0 saturated heterocycles. The first-order valence-electron chi connectivity index (χ1n) is 10.9. The lowest BCUT2D eigenvalue weighted by molar-refractivity contribution is -0.0371. The van der Waals surface area contributed by atoms with Gasteiger partial charge in [0.15, 0.2) is 15.7 Å². The fraction of sp³-hybridized carbons (Fsp3) is 0.375. The van der Waals surface area contributed by atoms with Gasteiger partial charge in [0, 0.05) is 35.5 Å². The number of halogens is 2. The standard InChI is InChI=1S/C24H23F2N3O3S/c1-33(31,32)12-11-20(16-7-8-16)29-14-19(15-5-3-2-4-6-15)21-18(22(29)30)13-27-23(28-21)24(25,26)17-9-10-17/h2-6,11-14,16-17,20H,7-10H2,1H3/b12-11+/t20-/m1/s1. The molecule has 0 spiro atoms. The van der Waals surface area contributed by atoms with Gasteiger partial charge in [-0.3, -0.25) is 4.79 Å². The second-order valence-corrected chi connectivity index (χ2v) is 10.9. The number of hydrogen-bond donors (Lipinski definition) is 0. The molecule has 2 aliphatic carbocycles. The molecule has 2 fully saturated rings. The van der Waals surface area contributed by atoms with Crippen molar-refractivity contribution in [1.29, 1.82) is 0 Å². The van der Waals surface area contributed by atoms with Crippen LogP contribution in [-0.4, -0.2) is 29.2 Å². The first kappa shape index (κ1) is 21.9. The van der Waals surface area contributed by atoms with Gasteiger partial charge >= 0.3 is 5.92 Å². The molecular weight excluding hydrogens is 448 g/mol. The number of benzene rings is 1. The van der Waals surface area contributed by atoms with Gasteiger partial charge in [-0.2, -0.15) is 8.78 Å². The summed E-state index contributed by atoms with van der Waals surface area (Å²) in [4.78, 5) is 21.5. The van der Waals surface area contributed by atoms with Crippen molar-refractivity contribution in [2.75, 3.05) is 6.26 Å². The molecule has 0 radical (unpaired) electrons. The van der Waals surface area contributed by atoms with E-state index in [0.29, 0.717) is 18.4 Å². The van der Waals surface area contributed by atoms with Gasteiger partial charge in [-0.1, -0.05) is 36.4 Å². The highest BCUT2D eigenvalue weighted by Crippen LogP contribution is 2.49. The molecule has 1 atom stereocenters. The van der Waals surface area contributed by atoms with Gasteiger partial charge < -0.3 is 4.57 Å². The molecular formula is C24H23F2N3O3S. The van der Waals surface area contributed by atoms with Crippen molar-refractivity contribution in [3.8, 4) is 11.1 Å². The maximum atomic E-state index is 14.8. The summed E-state index contributed by atoms with van der Waals surface area (Å²) >= 11 is 0. The molecule has 2 heterocycles. The molecule has 172 valence electrons.